The van der Waals surface area contributed by atoms with Gasteiger partial charge in [-0.15, -0.1) is 0 Å². The number of nitrogens with zero attached hydrogens (tertiary/aromatic N) is 3. The highest BCUT2D eigenvalue weighted by Gasteiger charge is 2.09. The van der Waals surface area contributed by atoms with Crippen molar-refractivity contribution in [2.24, 2.45) is 0 Å². The van der Waals surface area contributed by atoms with Gasteiger partial charge in [-0.05, 0) is 18.2 Å². The molecule has 0 aliphatic heterocycles. The van der Waals surface area contributed by atoms with E-state index in [0.29, 0.717) is 21.6 Å². The van der Waals surface area contributed by atoms with Crippen LogP contribution < -0.4 is 5.73 Å². The smallest absolute Gasteiger partial charge is 0.165 e. The van der Waals surface area contributed by atoms with E-state index in [1.165, 1.54) is 10.7 Å². The molecule has 0 unspecified atom stereocenters. The highest BCUT2D eigenvalue weighted by atomic mass is 35.5. The first kappa shape index (κ1) is 10.8. The molecule has 0 aliphatic carbocycles. The van der Waals surface area contributed by atoms with Gasteiger partial charge >= 0.3 is 0 Å². The van der Waals surface area contributed by atoms with E-state index in [4.69, 9.17) is 34.2 Å². The molecule has 0 radical (unpaired) electrons. The van der Waals surface area contributed by atoms with Crippen molar-refractivity contribution in [2.45, 2.75) is 0 Å². The van der Waals surface area contributed by atoms with Crippen LogP contribution >= 0.6 is 23.2 Å². The molecule has 0 fully saturated rings. The molecule has 1 aromatic carbocycles. The van der Waals surface area contributed by atoms with Crippen LogP contribution in [0, 0.1) is 11.3 Å². The van der Waals surface area contributed by atoms with Gasteiger partial charge in [-0.25, -0.2) is 4.68 Å². The van der Waals surface area contributed by atoms with Crippen molar-refractivity contribution in [1.82, 2.24) is 9.78 Å². The Kier molecular flexibility index (Phi) is 2.73. The van der Waals surface area contributed by atoms with Gasteiger partial charge in [0.2, 0.25) is 0 Å². The Morgan fingerprint density at radius 1 is 1.31 bits per heavy atom. The zero-order valence-electron chi connectivity index (χ0n) is 7.98. The molecule has 2 rings (SSSR count). The molecule has 0 saturated heterocycles. The van der Waals surface area contributed by atoms with Gasteiger partial charge in [0.15, 0.2) is 5.69 Å². The van der Waals surface area contributed by atoms with E-state index < -0.39 is 0 Å². The van der Waals surface area contributed by atoms with Gasteiger partial charge < -0.3 is 5.73 Å². The second kappa shape index (κ2) is 4.05. The number of nitrogens with two attached hydrogens (primary N) is 1. The first-order valence-electron chi connectivity index (χ1n) is 4.33. The lowest BCUT2D eigenvalue weighted by Gasteiger charge is -2.06. The van der Waals surface area contributed by atoms with E-state index in [2.05, 4.69) is 5.10 Å². The Bertz CT molecular complexity index is 583. The minimum absolute atomic E-state index is 0.239. The molecular formula is C10H6Cl2N4. The van der Waals surface area contributed by atoms with Gasteiger partial charge in [-0.1, -0.05) is 23.2 Å². The van der Waals surface area contributed by atoms with Crippen molar-refractivity contribution >= 4 is 29.0 Å². The number of nitriles is 1. The lowest BCUT2D eigenvalue weighted by atomic mass is 10.3. The molecule has 0 spiro atoms. The molecule has 6 heteroatoms. The zero-order chi connectivity index (χ0) is 11.7. The quantitative estimate of drug-likeness (QED) is 0.849. The standard InChI is InChI=1S/C10H6Cl2N4/c11-6-1-2-9(8(12)3-6)16-10(14)4-7(5-13)15-16/h1-4H,14H2. The fraction of sp³-hybridized carbons (Fsp3) is 0. The van der Waals surface area contributed by atoms with Gasteiger partial charge in [0.05, 0.1) is 10.7 Å². The van der Waals surface area contributed by atoms with Crippen LogP contribution in [0.3, 0.4) is 0 Å². The summed E-state index contributed by atoms with van der Waals surface area (Å²) in [6, 6.07) is 8.34. The summed E-state index contributed by atoms with van der Waals surface area (Å²) in [6.45, 7) is 0. The van der Waals surface area contributed by atoms with E-state index in [0.717, 1.165) is 0 Å². The number of halogens is 2. The normalized spacial score (nSPS) is 10.1. The molecule has 0 bridgehead atoms. The SMILES string of the molecule is N#Cc1cc(N)n(-c2ccc(Cl)cc2Cl)n1. The molecule has 0 aliphatic rings. The third-order valence-corrected chi connectivity index (χ3v) is 2.53. The molecule has 0 saturated carbocycles. The number of anilines is 1. The van der Waals surface area contributed by atoms with Crippen LogP contribution in [-0.4, -0.2) is 9.78 Å². The van der Waals surface area contributed by atoms with E-state index >= 15 is 0 Å². The van der Waals surface area contributed by atoms with Crippen LogP contribution in [0.5, 0.6) is 0 Å². The molecule has 2 N–H and O–H groups in total. The number of nitrogen functional groups attached to an aromatic ring is 1. The minimum Gasteiger partial charge on any atom is -0.384 e. The Morgan fingerprint density at radius 3 is 2.62 bits per heavy atom. The summed E-state index contributed by atoms with van der Waals surface area (Å²) in [5.41, 5.74) is 6.54. The van der Waals surface area contributed by atoms with Gasteiger partial charge in [0.1, 0.15) is 11.9 Å². The van der Waals surface area contributed by atoms with Crippen molar-refractivity contribution in [3.05, 3.63) is 40.0 Å². The average molecular weight is 253 g/mol. The maximum Gasteiger partial charge on any atom is 0.165 e. The Morgan fingerprint density at radius 2 is 2.06 bits per heavy atom. The summed E-state index contributed by atoms with van der Waals surface area (Å²) >= 11 is 11.8. The Hall–Kier alpha value is -1.70. The first-order chi connectivity index (χ1) is 7.61. The highest BCUT2D eigenvalue weighted by Crippen LogP contribution is 2.25. The molecular weight excluding hydrogens is 247 g/mol. The number of rotatable bonds is 1. The molecule has 0 atom stereocenters. The topological polar surface area (TPSA) is 67.6 Å². The van der Waals surface area contributed by atoms with E-state index in [-0.39, 0.29) is 5.69 Å². The zero-order valence-corrected chi connectivity index (χ0v) is 9.50. The second-order valence-corrected chi connectivity index (χ2v) is 3.92. The maximum atomic E-state index is 8.70. The van der Waals surface area contributed by atoms with Crippen molar-refractivity contribution in [3.63, 3.8) is 0 Å². The summed E-state index contributed by atoms with van der Waals surface area (Å²) in [6.07, 6.45) is 0. The fourth-order valence-corrected chi connectivity index (χ4v) is 1.78. The highest BCUT2D eigenvalue weighted by molar-refractivity contribution is 6.35. The molecule has 16 heavy (non-hydrogen) atoms. The molecule has 1 heterocycles. The van der Waals surface area contributed by atoms with E-state index in [1.54, 1.807) is 18.2 Å². The van der Waals surface area contributed by atoms with Crippen LogP contribution in [0.15, 0.2) is 24.3 Å². The molecule has 1 aromatic heterocycles. The number of aromatic nitrogens is 2. The second-order valence-electron chi connectivity index (χ2n) is 3.07. The third-order valence-electron chi connectivity index (χ3n) is 1.99. The van der Waals surface area contributed by atoms with Crippen molar-refractivity contribution in [2.75, 3.05) is 5.73 Å². The number of hydrogen-bond acceptors (Lipinski definition) is 3. The maximum absolute atomic E-state index is 8.70. The van der Waals surface area contributed by atoms with E-state index in [1.807, 2.05) is 6.07 Å². The summed E-state index contributed by atoms with van der Waals surface area (Å²) in [5.74, 6) is 0.348. The van der Waals surface area contributed by atoms with Crippen LogP contribution in [0.2, 0.25) is 10.0 Å². The van der Waals surface area contributed by atoms with Crippen molar-refractivity contribution in [1.29, 1.82) is 5.26 Å². The minimum atomic E-state index is 0.239. The predicted molar refractivity (Wildman–Crippen MR) is 62.7 cm³/mol. The van der Waals surface area contributed by atoms with Crippen LogP contribution in [0.4, 0.5) is 5.82 Å². The lowest BCUT2D eigenvalue weighted by Crippen LogP contribution is -2.02. The predicted octanol–water partition coefficient (Wildman–Crippen LogP) is 2.63. The Labute approximate surface area is 102 Å². The summed E-state index contributed by atoms with van der Waals surface area (Å²) in [4.78, 5) is 0. The molecule has 2 aromatic rings. The summed E-state index contributed by atoms with van der Waals surface area (Å²) in [5, 5.41) is 13.6. The molecule has 80 valence electrons. The molecule has 4 nitrogen and oxygen atoms in total. The van der Waals surface area contributed by atoms with Crippen LogP contribution in [0.25, 0.3) is 5.69 Å². The number of hydrogen-bond donors (Lipinski definition) is 1. The van der Waals surface area contributed by atoms with Crippen molar-refractivity contribution < 1.29 is 0 Å². The summed E-state index contributed by atoms with van der Waals surface area (Å²) < 4.78 is 1.40. The fourth-order valence-electron chi connectivity index (χ4n) is 1.30. The van der Waals surface area contributed by atoms with Crippen LogP contribution in [0.1, 0.15) is 5.69 Å². The number of benzene rings is 1. The van der Waals surface area contributed by atoms with Gasteiger partial charge in [0.25, 0.3) is 0 Å². The summed E-state index contributed by atoms with van der Waals surface area (Å²) in [7, 11) is 0. The van der Waals surface area contributed by atoms with Crippen LogP contribution in [-0.2, 0) is 0 Å². The Balaban J connectivity index is 2.59. The monoisotopic (exact) mass is 252 g/mol. The van der Waals surface area contributed by atoms with Crippen molar-refractivity contribution in [3.8, 4) is 11.8 Å². The average Bonchev–Trinajstić information content (AvgIpc) is 2.60. The third kappa shape index (κ3) is 1.83. The van der Waals surface area contributed by atoms with Gasteiger partial charge in [-0.3, -0.25) is 0 Å². The van der Waals surface area contributed by atoms with Gasteiger partial charge in [-0.2, -0.15) is 10.4 Å². The lowest BCUT2D eigenvalue weighted by molar-refractivity contribution is 0.883. The first-order valence-corrected chi connectivity index (χ1v) is 5.08. The van der Waals surface area contributed by atoms with E-state index in [9.17, 15) is 0 Å². The molecule has 0 amide bonds. The van der Waals surface area contributed by atoms with Gasteiger partial charge in [0, 0.05) is 11.1 Å². The largest absolute Gasteiger partial charge is 0.384 e.